The van der Waals surface area contributed by atoms with Gasteiger partial charge in [0.25, 0.3) is 0 Å². The van der Waals surface area contributed by atoms with Gasteiger partial charge < -0.3 is 9.64 Å². The molecule has 1 aliphatic rings. The van der Waals surface area contributed by atoms with Crippen molar-refractivity contribution in [3.05, 3.63) is 42.9 Å². The quantitative estimate of drug-likeness (QED) is 0.610. The zero-order chi connectivity index (χ0) is 22.0. The molecule has 12 heteroatoms. The van der Waals surface area contributed by atoms with Crippen LogP contribution in [-0.2, 0) is 0 Å². The summed E-state index contributed by atoms with van der Waals surface area (Å²) in [6.45, 7) is 3.13. The molecule has 0 radical (unpaired) electrons. The van der Waals surface area contributed by atoms with Gasteiger partial charge >= 0.3 is 12.3 Å². The van der Waals surface area contributed by atoms with Crippen LogP contribution in [0.15, 0.2) is 42.9 Å². The summed E-state index contributed by atoms with van der Waals surface area (Å²) in [5, 5.41) is 3.76. The largest absolute Gasteiger partial charge is 0.482 e. The number of alkyl halides is 3. The van der Waals surface area contributed by atoms with Crippen molar-refractivity contribution in [3.8, 4) is 11.6 Å². The van der Waals surface area contributed by atoms with Crippen LogP contribution < -0.4 is 15.5 Å². The van der Waals surface area contributed by atoms with Crippen LogP contribution in [0.4, 0.5) is 23.7 Å². The molecular weight excluding hydrogens is 415 g/mol. The number of fused-ring (bicyclic) bond motifs is 1. The molecule has 0 atom stereocenters. The molecule has 4 rings (SSSR count). The number of likely N-dealkylation sites (N-methyl/N-ethyl adjacent to an activating group) is 1. The topological polar surface area (TPSA) is 87.5 Å². The minimum Gasteiger partial charge on any atom is -0.438 e. The average molecular weight is 435 g/mol. The first-order valence-electron chi connectivity index (χ1n) is 9.48. The summed E-state index contributed by atoms with van der Waals surface area (Å²) < 4.78 is 44.3. The minimum absolute atomic E-state index is 0.112. The summed E-state index contributed by atoms with van der Waals surface area (Å²) in [5.74, 6) is 0.482. The lowest BCUT2D eigenvalue weighted by Gasteiger charge is -2.32. The summed E-state index contributed by atoms with van der Waals surface area (Å²) in [4.78, 5) is 23.1. The highest BCUT2D eigenvalue weighted by molar-refractivity contribution is 5.91. The van der Waals surface area contributed by atoms with Crippen LogP contribution in [0.3, 0.4) is 0 Å². The number of nitrogens with zero attached hydrogens (tertiary/aromatic N) is 5. The van der Waals surface area contributed by atoms with Crippen LogP contribution in [0.5, 0.6) is 11.6 Å². The number of ether oxygens (including phenoxy) is 1. The van der Waals surface area contributed by atoms with Crippen molar-refractivity contribution >= 4 is 22.8 Å². The number of piperazine rings is 1. The number of carbonyl (C=O) groups is 1. The molecule has 0 saturated carbocycles. The van der Waals surface area contributed by atoms with Crippen molar-refractivity contribution in [3.63, 3.8) is 0 Å². The van der Waals surface area contributed by atoms with E-state index in [1.165, 1.54) is 40.5 Å². The predicted octanol–water partition coefficient (Wildman–Crippen LogP) is 2.88. The van der Waals surface area contributed by atoms with E-state index in [1.807, 2.05) is 12.1 Å². The van der Waals surface area contributed by atoms with Crippen molar-refractivity contribution in [2.24, 2.45) is 0 Å². The molecule has 0 unspecified atom stereocenters. The van der Waals surface area contributed by atoms with E-state index < -0.39 is 6.30 Å². The molecule has 164 valence electrons. The molecule has 0 spiro atoms. The Balaban J connectivity index is 1.49. The lowest BCUT2D eigenvalue weighted by Crippen LogP contribution is -2.53. The molecule has 1 saturated heterocycles. The Morgan fingerprint density at radius 3 is 2.45 bits per heavy atom. The lowest BCUT2D eigenvalue weighted by atomic mass is 10.3. The summed E-state index contributed by atoms with van der Waals surface area (Å²) >= 11 is 0. The maximum absolute atomic E-state index is 12.7. The Kier molecular flexibility index (Phi) is 5.65. The van der Waals surface area contributed by atoms with Gasteiger partial charge in [-0.3, -0.25) is 15.3 Å². The number of rotatable bonds is 4. The van der Waals surface area contributed by atoms with E-state index >= 15 is 0 Å². The molecule has 3 heterocycles. The Hall–Kier alpha value is -3.38. The molecule has 1 amide bonds. The molecule has 0 bridgehead atoms. The molecule has 1 aromatic carbocycles. The van der Waals surface area contributed by atoms with E-state index in [0.29, 0.717) is 29.9 Å². The first-order valence-corrected chi connectivity index (χ1v) is 9.48. The summed E-state index contributed by atoms with van der Waals surface area (Å²) in [5.41, 5.74) is 3.10. The molecule has 2 aromatic heterocycles. The Labute approximate surface area is 175 Å². The van der Waals surface area contributed by atoms with Crippen LogP contribution in [0.1, 0.15) is 0 Å². The summed E-state index contributed by atoms with van der Waals surface area (Å²) in [7, 11) is 2.03. The highest BCUT2D eigenvalue weighted by Gasteiger charge is 2.27. The number of hydrogen-bond acceptors (Lipinski definition) is 7. The molecule has 3 aromatic rings. The van der Waals surface area contributed by atoms with Crippen LogP contribution in [0.2, 0.25) is 0 Å². The number of hydrogen-bond donors (Lipinski definition) is 2. The third kappa shape index (κ3) is 5.03. The monoisotopic (exact) mass is 435 g/mol. The van der Waals surface area contributed by atoms with Gasteiger partial charge in [-0.2, -0.15) is 13.2 Å². The maximum Gasteiger partial charge on any atom is 0.482 e. The Morgan fingerprint density at radius 2 is 1.77 bits per heavy atom. The van der Waals surface area contributed by atoms with E-state index in [4.69, 9.17) is 4.74 Å². The van der Waals surface area contributed by atoms with Crippen LogP contribution in [-0.4, -0.2) is 70.0 Å². The van der Waals surface area contributed by atoms with Gasteiger partial charge in [0.05, 0.1) is 5.39 Å². The number of aromatic nitrogens is 3. The fourth-order valence-electron chi connectivity index (χ4n) is 3.16. The second-order valence-electron chi connectivity index (χ2n) is 7.06. The van der Waals surface area contributed by atoms with Gasteiger partial charge in [0, 0.05) is 38.1 Å². The van der Waals surface area contributed by atoms with Gasteiger partial charge in [-0.1, -0.05) is 0 Å². The number of hydrazine groups is 1. The van der Waals surface area contributed by atoms with Crippen molar-refractivity contribution in [1.82, 2.24) is 29.9 Å². The Bertz CT molecular complexity index is 1060. The van der Waals surface area contributed by atoms with Crippen molar-refractivity contribution in [1.29, 1.82) is 0 Å². The van der Waals surface area contributed by atoms with Gasteiger partial charge in [-0.15, -0.1) is 0 Å². The van der Waals surface area contributed by atoms with Gasteiger partial charge in [0.15, 0.2) is 5.65 Å². The molecule has 2 N–H and O–H groups in total. The first kappa shape index (κ1) is 20.9. The van der Waals surface area contributed by atoms with E-state index in [1.54, 1.807) is 12.3 Å². The first-order chi connectivity index (χ1) is 14.8. The summed E-state index contributed by atoms with van der Waals surface area (Å²) in [6.07, 6.45) is -1.69. The van der Waals surface area contributed by atoms with Gasteiger partial charge in [-0.25, -0.2) is 19.8 Å². The van der Waals surface area contributed by atoms with Gasteiger partial charge in [-0.05, 0) is 37.4 Å². The third-order valence-corrected chi connectivity index (χ3v) is 4.78. The normalized spacial score (nSPS) is 15.7. The minimum atomic E-state index is -4.52. The molecule has 1 fully saturated rings. The van der Waals surface area contributed by atoms with Gasteiger partial charge in [0.2, 0.25) is 5.88 Å². The SMILES string of the molecule is CN1CCN(NC(=O)n2ccc3c(Oc4ccc(NC(F)(F)F)cc4)ncnc32)CC1. The van der Waals surface area contributed by atoms with Crippen LogP contribution >= 0.6 is 0 Å². The molecule has 9 nitrogen and oxygen atoms in total. The van der Waals surface area contributed by atoms with Crippen molar-refractivity contribution in [2.45, 2.75) is 6.30 Å². The number of nitrogens with one attached hydrogen (secondary N) is 2. The third-order valence-electron chi connectivity index (χ3n) is 4.78. The van der Waals surface area contributed by atoms with E-state index in [2.05, 4.69) is 20.3 Å². The fraction of sp³-hybridized carbons (Fsp3) is 0.316. The van der Waals surface area contributed by atoms with Gasteiger partial charge in [0.1, 0.15) is 12.1 Å². The lowest BCUT2D eigenvalue weighted by molar-refractivity contribution is -0.0999. The highest BCUT2D eigenvalue weighted by atomic mass is 19.4. The average Bonchev–Trinajstić information content (AvgIpc) is 3.15. The van der Waals surface area contributed by atoms with E-state index in [0.717, 1.165) is 13.1 Å². The molecular formula is C19H20F3N7O2. The number of amides is 1. The highest BCUT2D eigenvalue weighted by Crippen LogP contribution is 2.29. The summed E-state index contributed by atoms with van der Waals surface area (Å²) in [6, 6.07) is 6.56. The molecule has 31 heavy (non-hydrogen) atoms. The second-order valence-corrected chi connectivity index (χ2v) is 7.06. The zero-order valence-electron chi connectivity index (χ0n) is 16.6. The fourth-order valence-corrected chi connectivity index (χ4v) is 3.16. The Morgan fingerprint density at radius 1 is 1.06 bits per heavy atom. The van der Waals surface area contributed by atoms with E-state index in [-0.39, 0.29) is 17.6 Å². The maximum atomic E-state index is 12.7. The second kappa shape index (κ2) is 8.40. The zero-order valence-corrected chi connectivity index (χ0v) is 16.6. The van der Waals surface area contributed by atoms with Crippen molar-refractivity contribution < 1.29 is 22.7 Å². The predicted molar refractivity (Wildman–Crippen MR) is 107 cm³/mol. The van der Waals surface area contributed by atoms with Crippen LogP contribution in [0.25, 0.3) is 11.0 Å². The number of halogens is 3. The smallest absolute Gasteiger partial charge is 0.438 e. The number of carbonyl (C=O) groups excluding carboxylic acids is 1. The number of anilines is 1. The van der Waals surface area contributed by atoms with Crippen molar-refractivity contribution in [2.75, 3.05) is 38.5 Å². The molecule has 1 aliphatic heterocycles. The number of benzene rings is 1. The molecule has 0 aliphatic carbocycles. The van der Waals surface area contributed by atoms with E-state index in [9.17, 15) is 18.0 Å². The van der Waals surface area contributed by atoms with Crippen LogP contribution in [0, 0.1) is 0 Å². The standard InChI is InChI=1S/C19H20F3N7O2/c1-27-8-10-28(11-9-27)26-18(30)29-7-6-15-16(29)23-12-24-17(15)31-14-4-2-13(3-5-14)25-19(20,21)22/h2-7,12,25H,8-11H2,1H3,(H,26,30).